The lowest BCUT2D eigenvalue weighted by Gasteiger charge is -2.62. The van der Waals surface area contributed by atoms with E-state index in [1.807, 2.05) is 25.7 Å². The summed E-state index contributed by atoms with van der Waals surface area (Å²) in [5.41, 5.74) is 8.92. The van der Waals surface area contributed by atoms with Crippen LogP contribution >= 0.6 is 0 Å². The Hall–Kier alpha value is -1.59. The van der Waals surface area contributed by atoms with Crippen molar-refractivity contribution in [2.45, 2.75) is 76.5 Å². The average Bonchev–Trinajstić information content (AvgIpc) is 3.30. The molecule has 164 valence electrons. The molecule has 2 saturated carbocycles. The van der Waals surface area contributed by atoms with Crippen molar-refractivity contribution in [2.24, 2.45) is 17.1 Å². The van der Waals surface area contributed by atoms with Gasteiger partial charge >= 0.3 is 6.09 Å². The van der Waals surface area contributed by atoms with Crippen LogP contribution < -0.4 is 5.73 Å². The van der Waals surface area contributed by atoms with Crippen molar-refractivity contribution in [3.8, 4) is 0 Å². The Bertz CT molecular complexity index is 791. The predicted octanol–water partition coefficient (Wildman–Crippen LogP) is 4.42. The van der Waals surface area contributed by atoms with Crippen LogP contribution in [0.15, 0.2) is 24.3 Å². The van der Waals surface area contributed by atoms with Gasteiger partial charge in [-0.2, -0.15) is 0 Å². The fourth-order valence-electron chi connectivity index (χ4n) is 5.46. The van der Waals surface area contributed by atoms with Crippen LogP contribution in [-0.4, -0.2) is 47.7 Å². The Kier molecular flexibility index (Phi) is 4.71. The molecule has 30 heavy (non-hydrogen) atoms. The van der Waals surface area contributed by atoms with E-state index in [9.17, 15) is 4.79 Å². The third kappa shape index (κ3) is 3.87. The molecule has 2 heterocycles. The molecular weight excluding hydrogens is 374 g/mol. The topological polar surface area (TPSA) is 58.8 Å². The minimum Gasteiger partial charge on any atom is -0.444 e. The first-order chi connectivity index (χ1) is 14.1. The standard InChI is InChI=1S/C25H37N3O2/c1-23(2,3)30-22(29)28-16-24(17-28)14-27(15-24)21(13-18-5-4-6-18)19-7-9-20(10-8-19)25(26)11-12-25/h7-10,18,21H,4-6,11-17,26H2,1-3H3. The summed E-state index contributed by atoms with van der Waals surface area (Å²) in [5, 5.41) is 0. The third-order valence-corrected chi connectivity index (χ3v) is 7.66. The number of amides is 1. The minimum absolute atomic E-state index is 0.0557. The number of hydrogen-bond acceptors (Lipinski definition) is 4. The van der Waals surface area contributed by atoms with Gasteiger partial charge in [-0.3, -0.25) is 4.90 Å². The zero-order valence-electron chi connectivity index (χ0n) is 18.8. The molecule has 0 radical (unpaired) electrons. The first kappa shape index (κ1) is 20.3. The lowest BCUT2D eigenvalue weighted by molar-refractivity contribution is -0.130. The SMILES string of the molecule is CC(C)(C)OC(=O)N1CC2(C1)CN(C(CC1CCC1)c1ccc(C3(N)CC3)cc1)C2. The van der Waals surface area contributed by atoms with Crippen LogP contribution in [0, 0.1) is 11.3 Å². The van der Waals surface area contributed by atoms with Crippen LogP contribution in [0.2, 0.25) is 0 Å². The highest BCUT2D eigenvalue weighted by molar-refractivity contribution is 5.69. The van der Waals surface area contributed by atoms with E-state index >= 15 is 0 Å². The zero-order chi connectivity index (χ0) is 21.1. The summed E-state index contributed by atoms with van der Waals surface area (Å²) >= 11 is 0. The molecule has 1 atom stereocenters. The second kappa shape index (κ2) is 6.96. The maximum Gasteiger partial charge on any atom is 0.410 e. The van der Waals surface area contributed by atoms with Gasteiger partial charge in [0.15, 0.2) is 0 Å². The molecule has 1 aromatic rings. The zero-order valence-corrected chi connectivity index (χ0v) is 18.8. The summed E-state index contributed by atoms with van der Waals surface area (Å²) < 4.78 is 5.53. The quantitative estimate of drug-likeness (QED) is 0.779. The highest BCUT2D eigenvalue weighted by atomic mass is 16.6. The van der Waals surface area contributed by atoms with E-state index in [2.05, 4.69) is 29.2 Å². The van der Waals surface area contributed by atoms with E-state index in [0.29, 0.717) is 6.04 Å². The van der Waals surface area contributed by atoms with Gasteiger partial charge in [0.2, 0.25) is 0 Å². The lowest BCUT2D eigenvalue weighted by atomic mass is 9.70. The fraction of sp³-hybridized carbons (Fsp3) is 0.720. The van der Waals surface area contributed by atoms with E-state index in [1.165, 1.54) is 36.8 Å². The Morgan fingerprint density at radius 1 is 1.13 bits per heavy atom. The molecule has 5 heteroatoms. The molecule has 0 bridgehead atoms. The van der Waals surface area contributed by atoms with Crippen LogP contribution in [0.1, 0.15) is 76.5 Å². The molecule has 1 aromatic carbocycles. The molecular formula is C25H37N3O2. The summed E-state index contributed by atoms with van der Waals surface area (Å²) in [6.45, 7) is 9.64. The van der Waals surface area contributed by atoms with Crippen molar-refractivity contribution < 1.29 is 9.53 Å². The van der Waals surface area contributed by atoms with Crippen LogP contribution in [0.25, 0.3) is 0 Å². The molecule has 2 saturated heterocycles. The van der Waals surface area contributed by atoms with E-state index in [-0.39, 0.29) is 17.0 Å². The van der Waals surface area contributed by atoms with E-state index < -0.39 is 5.60 Å². The molecule has 2 N–H and O–H groups in total. The third-order valence-electron chi connectivity index (χ3n) is 7.66. The summed E-state index contributed by atoms with van der Waals surface area (Å²) in [7, 11) is 0. The molecule has 1 spiro atoms. The van der Waals surface area contributed by atoms with Crippen molar-refractivity contribution in [1.82, 2.24) is 9.80 Å². The van der Waals surface area contributed by atoms with E-state index in [4.69, 9.17) is 10.5 Å². The molecule has 4 fully saturated rings. The summed E-state index contributed by atoms with van der Waals surface area (Å²) in [6.07, 6.45) is 7.47. The number of ether oxygens (including phenoxy) is 1. The maximum atomic E-state index is 12.3. The number of nitrogens with zero attached hydrogens (tertiary/aromatic N) is 2. The molecule has 5 rings (SSSR count). The van der Waals surface area contributed by atoms with Crippen LogP contribution in [-0.2, 0) is 10.3 Å². The van der Waals surface area contributed by atoms with E-state index in [0.717, 1.165) is 44.9 Å². The Labute approximate surface area is 180 Å². The van der Waals surface area contributed by atoms with Gasteiger partial charge < -0.3 is 15.4 Å². The highest BCUT2D eigenvalue weighted by Crippen LogP contribution is 2.48. The number of carbonyl (C=O) groups excluding carboxylic acids is 1. The second-order valence-electron chi connectivity index (χ2n) is 11.6. The van der Waals surface area contributed by atoms with Crippen molar-refractivity contribution in [3.05, 3.63) is 35.4 Å². The van der Waals surface area contributed by atoms with Gasteiger partial charge in [-0.15, -0.1) is 0 Å². The van der Waals surface area contributed by atoms with Gasteiger partial charge in [-0.1, -0.05) is 43.5 Å². The van der Waals surface area contributed by atoms with Gasteiger partial charge in [0.1, 0.15) is 5.60 Å². The first-order valence-corrected chi connectivity index (χ1v) is 11.8. The number of nitrogens with two attached hydrogens (primary N) is 1. The molecule has 2 aliphatic heterocycles. The average molecular weight is 412 g/mol. The summed E-state index contributed by atoms with van der Waals surface area (Å²) in [5.74, 6) is 0.871. The second-order valence-corrected chi connectivity index (χ2v) is 11.6. The number of benzene rings is 1. The van der Waals surface area contributed by atoms with Gasteiger partial charge in [0.25, 0.3) is 0 Å². The Balaban J connectivity index is 1.21. The van der Waals surface area contributed by atoms with Crippen LogP contribution in [0.5, 0.6) is 0 Å². The molecule has 2 aliphatic carbocycles. The van der Waals surface area contributed by atoms with Crippen molar-refractivity contribution in [2.75, 3.05) is 26.2 Å². The number of carbonyl (C=O) groups is 1. The lowest BCUT2D eigenvalue weighted by Crippen LogP contribution is -2.73. The molecule has 0 aromatic heterocycles. The molecule has 1 amide bonds. The fourth-order valence-corrected chi connectivity index (χ4v) is 5.46. The van der Waals surface area contributed by atoms with Gasteiger partial charge in [0.05, 0.1) is 0 Å². The maximum absolute atomic E-state index is 12.3. The van der Waals surface area contributed by atoms with Crippen LogP contribution in [0.4, 0.5) is 4.79 Å². The number of hydrogen-bond donors (Lipinski definition) is 1. The summed E-state index contributed by atoms with van der Waals surface area (Å²) in [4.78, 5) is 16.8. The number of likely N-dealkylation sites (tertiary alicyclic amines) is 2. The van der Waals surface area contributed by atoms with Crippen molar-refractivity contribution in [1.29, 1.82) is 0 Å². The van der Waals surface area contributed by atoms with E-state index in [1.54, 1.807) is 0 Å². The van der Waals surface area contributed by atoms with Gasteiger partial charge in [0, 0.05) is 43.2 Å². The van der Waals surface area contributed by atoms with Gasteiger partial charge in [-0.25, -0.2) is 4.79 Å². The predicted molar refractivity (Wildman–Crippen MR) is 118 cm³/mol. The summed E-state index contributed by atoms with van der Waals surface area (Å²) in [6, 6.07) is 9.67. The smallest absolute Gasteiger partial charge is 0.410 e. The van der Waals surface area contributed by atoms with Gasteiger partial charge in [-0.05, 0) is 57.1 Å². The minimum atomic E-state index is -0.423. The molecule has 5 nitrogen and oxygen atoms in total. The number of rotatable bonds is 5. The molecule has 4 aliphatic rings. The monoisotopic (exact) mass is 411 g/mol. The first-order valence-electron chi connectivity index (χ1n) is 11.8. The highest BCUT2D eigenvalue weighted by Gasteiger charge is 2.55. The Morgan fingerprint density at radius 2 is 1.77 bits per heavy atom. The van der Waals surface area contributed by atoms with Crippen molar-refractivity contribution in [3.63, 3.8) is 0 Å². The Morgan fingerprint density at radius 3 is 2.27 bits per heavy atom. The molecule has 1 unspecified atom stereocenters. The normalized spacial score (nSPS) is 25.8. The van der Waals surface area contributed by atoms with Crippen LogP contribution in [0.3, 0.4) is 0 Å². The largest absolute Gasteiger partial charge is 0.444 e. The van der Waals surface area contributed by atoms with Crippen molar-refractivity contribution >= 4 is 6.09 Å².